The van der Waals surface area contributed by atoms with Gasteiger partial charge in [0.15, 0.2) is 0 Å². The molecular weight excluding hydrogens is 409 g/mol. The molecule has 10 heteroatoms. The van der Waals surface area contributed by atoms with Crippen LogP contribution >= 0.6 is 22.9 Å². The van der Waals surface area contributed by atoms with Crippen molar-refractivity contribution in [2.45, 2.75) is 49.2 Å². The summed E-state index contributed by atoms with van der Waals surface area (Å²) < 4.78 is 68.3. The Morgan fingerprint density at radius 2 is 1.92 bits per heavy atom. The van der Waals surface area contributed by atoms with E-state index in [0.717, 1.165) is 30.7 Å². The molecule has 2 aromatic rings. The predicted octanol–water partition coefficient (Wildman–Crippen LogP) is 4.87. The summed E-state index contributed by atoms with van der Waals surface area (Å²) in [6, 6.07) is 2.66. The summed E-state index contributed by atoms with van der Waals surface area (Å²) in [5.41, 5.74) is -1.50. The third-order valence-electron chi connectivity index (χ3n) is 4.35. The Morgan fingerprint density at radius 1 is 1.27 bits per heavy atom. The molecule has 26 heavy (non-hydrogen) atoms. The first-order valence-electron chi connectivity index (χ1n) is 7.87. The van der Waals surface area contributed by atoms with Gasteiger partial charge in [-0.15, -0.1) is 11.3 Å². The maximum Gasteiger partial charge on any atom is 0.417 e. The minimum atomic E-state index is -4.84. The molecule has 3 rings (SSSR count). The van der Waals surface area contributed by atoms with Crippen LogP contribution in [-0.2, 0) is 21.7 Å². The number of aryl methyl sites for hydroxylation is 1. The molecule has 0 radical (unpaired) electrons. The number of rotatable bonds is 4. The first-order chi connectivity index (χ1) is 12.0. The van der Waals surface area contributed by atoms with Crippen LogP contribution in [0, 0.1) is 6.92 Å². The fourth-order valence-electron chi connectivity index (χ4n) is 3.18. The van der Waals surface area contributed by atoms with Gasteiger partial charge in [-0.05, 0) is 38.0 Å². The highest BCUT2D eigenvalue weighted by Crippen LogP contribution is 2.42. The summed E-state index contributed by atoms with van der Waals surface area (Å²) in [4.78, 5) is 3.55. The number of halogens is 4. The molecule has 1 N–H and O–H groups in total. The van der Waals surface area contributed by atoms with Gasteiger partial charge in [-0.25, -0.2) is 13.4 Å². The van der Waals surface area contributed by atoms with Gasteiger partial charge in [0.05, 0.1) is 16.0 Å². The van der Waals surface area contributed by atoms with Crippen molar-refractivity contribution in [2.75, 3.05) is 0 Å². The zero-order chi connectivity index (χ0) is 19.2. The van der Waals surface area contributed by atoms with Gasteiger partial charge in [0.25, 0.3) is 0 Å². The highest BCUT2D eigenvalue weighted by molar-refractivity contribution is 7.89. The number of nitrogens with zero attached hydrogens (tertiary/aromatic N) is 1. The van der Waals surface area contributed by atoms with Crippen molar-refractivity contribution >= 4 is 33.0 Å². The smallest absolute Gasteiger partial charge is 0.245 e. The van der Waals surface area contributed by atoms with Crippen molar-refractivity contribution < 1.29 is 21.6 Å². The third kappa shape index (κ3) is 3.76. The standard InChI is InChI=1S/C16H16ClF3N2O2S2/c1-10-9-25-14(21-10)15(6-2-3-7-15)22-26(23,24)13-5-4-11(17)8-12(13)16(18,19)20/h4-5,8-9,22H,2-3,6-7H2,1H3. The van der Waals surface area contributed by atoms with Crippen molar-refractivity contribution in [1.29, 1.82) is 0 Å². The molecule has 0 unspecified atom stereocenters. The Bertz CT molecular complexity index is 920. The summed E-state index contributed by atoms with van der Waals surface area (Å²) in [5.74, 6) is 0. The second-order valence-corrected chi connectivity index (χ2v) is 9.27. The number of nitrogens with one attached hydrogen (secondary N) is 1. The number of benzene rings is 1. The van der Waals surface area contributed by atoms with Crippen LogP contribution in [0.25, 0.3) is 0 Å². The van der Waals surface area contributed by atoms with Crippen molar-refractivity contribution in [3.05, 3.63) is 44.9 Å². The van der Waals surface area contributed by atoms with Gasteiger partial charge in [0.1, 0.15) is 5.01 Å². The monoisotopic (exact) mass is 424 g/mol. The van der Waals surface area contributed by atoms with E-state index in [1.165, 1.54) is 11.3 Å². The molecule has 1 heterocycles. The van der Waals surface area contributed by atoms with Crippen LogP contribution in [0.15, 0.2) is 28.5 Å². The van der Waals surface area contributed by atoms with E-state index in [-0.39, 0.29) is 5.02 Å². The molecule has 4 nitrogen and oxygen atoms in total. The minimum Gasteiger partial charge on any atom is -0.245 e. The van der Waals surface area contributed by atoms with Crippen molar-refractivity contribution in [3.63, 3.8) is 0 Å². The molecule has 0 atom stereocenters. The Labute approximate surface area is 158 Å². The van der Waals surface area contributed by atoms with E-state index in [9.17, 15) is 21.6 Å². The van der Waals surface area contributed by atoms with Crippen LogP contribution in [0.5, 0.6) is 0 Å². The zero-order valence-electron chi connectivity index (χ0n) is 13.7. The lowest BCUT2D eigenvalue weighted by Gasteiger charge is -2.28. The van der Waals surface area contributed by atoms with Gasteiger partial charge in [0.2, 0.25) is 10.0 Å². The van der Waals surface area contributed by atoms with Crippen LogP contribution in [0.4, 0.5) is 13.2 Å². The predicted molar refractivity (Wildman–Crippen MR) is 93.8 cm³/mol. The molecule has 0 spiro atoms. The molecule has 0 aliphatic heterocycles. The van der Waals surface area contributed by atoms with Crippen molar-refractivity contribution in [3.8, 4) is 0 Å². The molecule has 0 amide bonds. The Balaban J connectivity index is 2.06. The maximum atomic E-state index is 13.3. The minimum absolute atomic E-state index is 0.178. The molecule has 0 bridgehead atoms. The van der Waals surface area contributed by atoms with Gasteiger partial charge in [-0.1, -0.05) is 24.4 Å². The summed E-state index contributed by atoms with van der Waals surface area (Å²) in [6.45, 7) is 1.79. The molecule has 1 fully saturated rings. The van der Waals surface area contributed by atoms with Gasteiger partial charge < -0.3 is 0 Å². The number of aromatic nitrogens is 1. The first-order valence-corrected chi connectivity index (χ1v) is 10.6. The zero-order valence-corrected chi connectivity index (χ0v) is 16.1. The van der Waals surface area contributed by atoms with Crippen LogP contribution < -0.4 is 4.72 Å². The van der Waals surface area contributed by atoms with Crippen LogP contribution in [0.3, 0.4) is 0 Å². The van der Waals surface area contributed by atoms with E-state index in [1.54, 1.807) is 12.3 Å². The second-order valence-electron chi connectivity index (χ2n) is 6.33. The average molecular weight is 425 g/mol. The summed E-state index contributed by atoms with van der Waals surface area (Å²) in [7, 11) is -4.43. The summed E-state index contributed by atoms with van der Waals surface area (Å²) in [6.07, 6.45) is -2.31. The van der Waals surface area contributed by atoms with E-state index in [4.69, 9.17) is 11.6 Å². The lowest BCUT2D eigenvalue weighted by atomic mass is 10.0. The van der Waals surface area contributed by atoms with Crippen molar-refractivity contribution in [1.82, 2.24) is 9.71 Å². The van der Waals surface area contributed by atoms with Crippen LogP contribution in [0.1, 0.15) is 41.9 Å². The molecule has 1 aromatic carbocycles. The van der Waals surface area contributed by atoms with Gasteiger partial charge in [-0.2, -0.15) is 17.9 Å². The molecule has 1 aromatic heterocycles. The van der Waals surface area contributed by atoms with Gasteiger partial charge in [0, 0.05) is 16.1 Å². The van der Waals surface area contributed by atoms with E-state index in [2.05, 4.69) is 9.71 Å². The Kier molecular flexibility index (Phi) is 5.11. The highest BCUT2D eigenvalue weighted by Gasteiger charge is 2.44. The second kappa shape index (κ2) is 6.78. The summed E-state index contributed by atoms with van der Waals surface area (Å²) in [5, 5.41) is 2.20. The molecule has 1 aliphatic rings. The Morgan fingerprint density at radius 3 is 2.46 bits per heavy atom. The topological polar surface area (TPSA) is 59.1 Å². The number of hydrogen-bond donors (Lipinski definition) is 1. The highest BCUT2D eigenvalue weighted by atomic mass is 35.5. The first kappa shape index (κ1) is 19.6. The number of thiazole rings is 1. The number of hydrogen-bond acceptors (Lipinski definition) is 4. The van der Waals surface area contributed by atoms with E-state index < -0.39 is 32.2 Å². The normalized spacial score (nSPS) is 17.6. The number of sulfonamides is 1. The van der Waals surface area contributed by atoms with Crippen LogP contribution in [-0.4, -0.2) is 13.4 Å². The molecule has 0 saturated heterocycles. The maximum absolute atomic E-state index is 13.3. The molecule has 142 valence electrons. The average Bonchev–Trinajstić information content (AvgIpc) is 3.15. The summed E-state index contributed by atoms with van der Waals surface area (Å²) >= 11 is 6.96. The van der Waals surface area contributed by atoms with Crippen LogP contribution in [0.2, 0.25) is 5.02 Å². The third-order valence-corrected chi connectivity index (χ3v) is 7.35. The number of alkyl halides is 3. The SMILES string of the molecule is Cc1csc(C2(NS(=O)(=O)c3ccc(Cl)cc3C(F)(F)F)CCCC2)n1. The van der Waals surface area contributed by atoms with Crippen molar-refractivity contribution in [2.24, 2.45) is 0 Å². The fraction of sp³-hybridized carbons (Fsp3) is 0.438. The quantitative estimate of drug-likeness (QED) is 0.761. The van der Waals surface area contributed by atoms with E-state index >= 15 is 0 Å². The van der Waals surface area contributed by atoms with E-state index in [1.807, 2.05) is 0 Å². The van der Waals surface area contributed by atoms with Gasteiger partial charge >= 0.3 is 6.18 Å². The van der Waals surface area contributed by atoms with Gasteiger partial charge in [-0.3, -0.25) is 0 Å². The lowest BCUT2D eigenvalue weighted by Crippen LogP contribution is -2.44. The molecular formula is C16H16ClF3N2O2S2. The van der Waals surface area contributed by atoms with E-state index in [0.29, 0.717) is 23.9 Å². The fourth-order valence-corrected chi connectivity index (χ4v) is 6.07. The lowest BCUT2D eigenvalue weighted by molar-refractivity contribution is -0.139. The molecule has 1 aliphatic carbocycles. The molecule has 1 saturated carbocycles. The Hall–Kier alpha value is -1.16. The largest absolute Gasteiger partial charge is 0.417 e.